The number of rotatable bonds is 9. The molecule has 0 spiro atoms. The smallest absolute Gasteiger partial charge is 0.309 e. The number of aliphatic carboxylic acids is 1. The second kappa shape index (κ2) is 13.3. The minimum atomic E-state index is -0.825. The molecule has 1 aromatic carbocycles. The number of ether oxygens (including phenoxy) is 1. The first kappa shape index (κ1) is 39.7. The van der Waals surface area contributed by atoms with Crippen molar-refractivity contribution in [2.45, 2.75) is 152 Å². The summed E-state index contributed by atoms with van der Waals surface area (Å²) in [6.07, 6.45) is 8.03. The normalized spacial score (nSPS) is 41.2. The number of benzene rings is 1. The van der Waals surface area contributed by atoms with Crippen LogP contribution < -0.4 is 5.32 Å². The van der Waals surface area contributed by atoms with Crippen molar-refractivity contribution in [2.75, 3.05) is 6.54 Å². The molecule has 5 saturated carbocycles. The van der Waals surface area contributed by atoms with Crippen molar-refractivity contribution >= 4 is 17.7 Å². The second-order valence-electron chi connectivity index (χ2n) is 21.3. The molecule has 0 aromatic heterocycles. The van der Waals surface area contributed by atoms with Crippen molar-refractivity contribution in [3.05, 3.63) is 46.5 Å². The van der Waals surface area contributed by atoms with Gasteiger partial charge in [-0.15, -0.1) is 0 Å². The van der Waals surface area contributed by atoms with Gasteiger partial charge in [0.15, 0.2) is 5.78 Å². The molecule has 7 heteroatoms. The van der Waals surface area contributed by atoms with Crippen LogP contribution in [0, 0.1) is 74.9 Å². The van der Waals surface area contributed by atoms with Gasteiger partial charge in [-0.05, 0) is 121 Å². The Morgan fingerprint density at radius 3 is 2.17 bits per heavy atom. The average Bonchev–Trinajstić information content (AvgIpc) is 3.40. The highest BCUT2D eigenvalue weighted by atomic mass is 16.5. The highest BCUT2D eigenvalue weighted by Gasteiger charge is 2.71. The molecule has 0 unspecified atom stereocenters. The lowest BCUT2D eigenvalue weighted by Crippen LogP contribution is -2.66. The van der Waals surface area contributed by atoms with Crippen LogP contribution in [0.5, 0.6) is 0 Å². The Bertz CT molecular complexity index is 1710. The maximum Gasteiger partial charge on any atom is 0.309 e. The molecule has 7 nitrogen and oxygen atoms in total. The van der Waals surface area contributed by atoms with Crippen LogP contribution in [0.2, 0.25) is 0 Å². The number of hydrogen-bond acceptors (Lipinski definition) is 6. The number of allylic oxidation sites excluding steroid dienone is 1. The molecule has 3 N–H and O–H groups in total. The van der Waals surface area contributed by atoms with Gasteiger partial charge >= 0.3 is 11.9 Å². The Balaban J connectivity index is 1.12. The molecule has 298 valence electrons. The molecule has 6 aliphatic carbocycles. The molecular weight excluding hydrogens is 675 g/mol. The van der Waals surface area contributed by atoms with E-state index < -0.39 is 28.8 Å². The largest absolute Gasteiger partial charge is 0.481 e. The van der Waals surface area contributed by atoms with E-state index in [2.05, 4.69) is 85.0 Å². The van der Waals surface area contributed by atoms with Gasteiger partial charge in [0.25, 0.3) is 0 Å². The van der Waals surface area contributed by atoms with E-state index >= 15 is 0 Å². The van der Waals surface area contributed by atoms with E-state index in [4.69, 9.17) is 4.74 Å². The van der Waals surface area contributed by atoms with Gasteiger partial charge in [-0.3, -0.25) is 14.4 Å². The molecule has 54 heavy (non-hydrogen) atoms. The fourth-order valence-corrected chi connectivity index (χ4v) is 14.5. The SMILES string of the molecule is Cc1ccc(CNC[C@H](O)[C@@]23CC[C@]4(C)[C@H](CC[C@@H]5[C@@]6(C)CC[C@H](OC(=O)[C@H]7C[C@@H](C(=O)O)C7(C)C)C(C)(C)[C@@H]6CC[C@]54C)C2=C(C(C)C)C(=O)C3)cc1. The van der Waals surface area contributed by atoms with Crippen LogP contribution in [-0.2, 0) is 25.7 Å². The number of nitrogens with one attached hydrogen (secondary N) is 1. The summed E-state index contributed by atoms with van der Waals surface area (Å²) in [6.45, 7) is 23.7. The van der Waals surface area contributed by atoms with Crippen molar-refractivity contribution in [2.24, 2.45) is 68.0 Å². The Hall–Kier alpha value is -2.51. The fraction of sp³-hybridized carbons (Fsp3) is 0.766. The summed E-state index contributed by atoms with van der Waals surface area (Å²) >= 11 is 0. The summed E-state index contributed by atoms with van der Waals surface area (Å²) < 4.78 is 6.42. The summed E-state index contributed by atoms with van der Waals surface area (Å²) in [4.78, 5) is 39.5. The fourth-order valence-electron chi connectivity index (χ4n) is 14.5. The van der Waals surface area contributed by atoms with Gasteiger partial charge in [0.1, 0.15) is 6.10 Å². The first-order chi connectivity index (χ1) is 25.1. The quantitative estimate of drug-likeness (QED) is 0.216. The van der Waals surface area contributed by atoms with Crippen molar-refractivity contribution in [1.29, 1.82) is 0 Å². The topological polar surface area (TPSA) is 113 Å². The Kier molecular flexibility index (Phi) is 9.77. The lowest BCUT2D eigenvalue weighted by Gasteiger charge is -2.72. The zero-order valence-electron chi connectivity index (χ0n) is 34.9. The number of esters is 1. The second-order valence-corrected chi connectivity index (χ2v) is 21.3. The number of aliphatic hydroxyl groups is 1. The zero-order chi connectivity index (χ0) is 39.4. The molecule has 7 rings (SSSR count). The summed E-state index contributed by atoms with van der Waals surface area (Å²) in [6, 6.07) is 8.54. The molecule has 11 atom stereocenters. The van der Waals surface area contributed by atoms with E-state index in [1.54, 1.807) is 0 Å². The zero-order valence-corrected chi connectivity index (χ0v) is 34.9. The molecule has 6 aliphatic rings. The first-order valence-corrected chi connectivity index (χ1v) is 21.3. The standard InChI is InChI=1S/C47H69NO6/c1-27(2)38-33(49)24-47(36(50)26-48-25-29-13-11-28(3)12-14-29)22-21-45(9)30(39(38)47)15-16-35-44(8)19-18-37(43(6,7)34(44)17-20-46(35,45)10)54-41(53)32-23-31(40(51)52)42(32,4)5/h11-14,27,30-32,34-37,48,50H,15-26H2,1-10H3,(H,51,52)/t30-,31+,32-,34+,35-,36+,37+,44+,45-,46-,47+/m1/s1. The number of carbonyl (C=O) groups excluding carboxylic acids is 2. The molecule has 1 aromatic rings. The van der Waals surface area contributed by atoms with Gasteiger partial charge in [-0.25, -0.2) is 0 Å². The summed E-state index contributed by atoms with van der Waals surface area (Å²) in [5.41, 5.74) is 3.62. The highest BCUT2D eigenvalue weighted by Crippen LogP contribution is 2.77. The predicted octanol–water partition coefficient (Wildman–Crippen LogP) is 9.08. The Morgan fingerprint density at radius 1 is 0.852 bits per heavy atom. The number of carboxylic acid groups (broad SMARTS) is 1. The van der Waals surface area contributed by atoms with Crippen LogP contribution >= 0.6 is 0 Å². The molecule has 5 fully saturated rings. The van der Waals surface area contributed by atoms with Gasteiger partial charge in [0.05, 0.1) is 17.9 Å². The van der Waals surface area contributed by atoms with E-state index in [9.17, 15) is 24.6 Å². The number of hydrogen-bond donors (Lipinski definition) is 3. The van der Waals surface area contributed by atoms with E-state index in [1.807, 2.05) is 13.8 Å². The molecule has 0 bridgehead atoms. The first-order valence-electron chi connectivity index (χ1n) is 21.3. The Labute approximate surface area is 324 Å². The molecule has 0 radical (unpaired) electrons. The number of carbonyl (C=O) groups is 3. The number of aryl methyl sites for hydroxylation is 1. The minimum Gasteiger partial charge on any atom is -0.481 e. The summed E-state index contributed by atoms with van der Waals surface area (Å²) in [5, 5.41) is 25.4. The van der Waals surface area contributed by atoms with Crippen molar-refractivity contribution in [3.63, 3.8) is 0 Å². The average molecular weight is 744 g/mol. The van der Waals surface area contributed by atoms with Crippen molar-refractivity contribution in [1.82, 2.24) is 5.32 Å². The highest BCUT2D eigenvalue weighted by molar-refractivity contribution is 6.00. The van der Waals surface area contributed by atoms with Crippen molar-refractivity contribution < 1.29 is 29.3 Å². The molecule has 0 heterocycles. The minimum absolute atomic E-state index is 0.00643. The molecule has 0 saturated heterocycles. The lowest BCUT2D eigenvalue weighted by atomic mass is 9.33. The molecule has 0 aliphatic heterocycles. The van der Waals surface area contributed by atoms with Crippen LogP contribution in [-0.4, -0.2) is 46.7 Å². The number of aliphatic hydroxyl groups excluding tert-OH is 1. The maximum atomic E-state index is 14.1. The van der Waals surface area contributed by atoms with Crippen LogP contribution in [0.25, 0.3) is 0 Å². The summed E-state index contributed by atoms with van der Waals surface area (Å²) in [5.74, 6) is -0.357. The third kappa shape index (κ3) is 5.65. The molecule has 0 amide bonds. The molecular formula is C47H69NO6. The van der Waals surface area contributed by atoms with Crippen LogP contribution in [0.15, 0.2) is 35.4 Å². The lowest BCUT2D eigenvalue weighted by molar-refractivity contribution is -0.238. The van der Waals surface area contributed by atoms with Gasteiger partial charge in [0, 0.05) is 30.3 Å². The van der Waals surface area contributed by atoms with Crippen LogP contribution in [0.3, 0.4) is 0 Å². The van der Waals surface area contributed by atoms with Crippen LogP contribution in [0.4, 0.5) is 0 Å². The summed E-state index contributed by atoms with van der Waals surface area (Å²) in [7, 11) is 0. The van der Waals surface area contributed by atoms with E-state index in [1.165, 1.54) is 16.7 Å². The van der Waals surface area contributed by atoms with Crippen molar-refractivity contribution in [3.8, 4) is 0 Å². The number of Topliss-reactive ketones (excluding diaryl/α,β-unsaturated/α-hetero) is 1. The van der Waals surface area contributed by atoms with E-state index in [0.717, 1.165) is 56.9 Å². The van der Waals surface area contributed by atoms with E-state index in [-0.39, 0.29) is 57.3 Å². The number of ketones is 1. The predicted molar refractivity (Wildman–Crippen MR) is 211 cm³/mol. The third-order valence-electron chi connectivity index (χ3n) is 18.0. The third-order valence-corrected chi connectivity index (χ3v) is 18.0. The monoisotopic (exact) mass is 744 g/mol. The van der Waals surface area contributed by atoms with Gasteiger partial charge in [-0.1, -0.05) is 97.7 Å². The van der Waals surface area contributed by atoms with E-state index in [0.29, 0.717) is 37.8 Å². The number of carboxylic acids is 1. The maximum absolute atomic E-state index is 14.1. The van der Waals surface area contributed by atoms with Gasteiger partial charge in [0.2, 0.25) is 0 Å². The number of fused-ring (bicyclic) bond motifs is 7. The van der Waals surface area contributed by atoms with Gasteiger partial charge in [-0.2, -0.15) is 0 Å². The Morgan fingerprint density at radius 2 is 1.54 bits per heavy atom. The van der Waals surface area contributed by atoms with Gasteiger partial charge < -0.3 is 20.3 Å². The van der Waals surface area contributed by atoms with Crippen LogP contribution in [0.1, 0.15) is 138 Å².